The molecule has 0 aliphatic rings. The number of hydrogen-bond donors (Lipinski definition) is 1. The molecule has 1 aromatic heterocycles. The standard InChI is InChI=1S/C10H10ClN3OS/c1-14-9(12-13-10(14)16)6-15-8-5-3-2-4-7(8)11/h2-5H,6H2,1H3,(H,13,16). The van der Waals surface area contributed by atoms with Crippen LogP contribution in [0.1, 0.15) is 5.82 Å². The van der Waals surface area contributed by atoms with E-state index in [1.54, 1.807) is 10.6 Å². The summed E-state index contributed by atoms with van der Waals surface area (Å²) in [5, 5.41) is 7.31. The number of nitrogens with one attached hydrogen (secondary N) is 1. The van der Waals surface area contributed by atoms with E-state index in [-0.39, 0.29) is 0 Å². The maximum absolute atomic E-state index is 5.95. The predicted molar refractivity (Wildman–Crippen MR) is 64.2 cm³/mol. The van der Waals surface area contributed by atoms with Gasteiger partial charge in [0.15, 0.2) is 10.6 Å². The average molecular weight is 256 g/mol. The van der Waals surface area contributed by atoms with E-state index in [0.29, 0.717) is 22.2 Å². The number of rotatable bonds is 3. The smallest absolute Gasteiger partial charge is 0.194 e. The number of aromatic amines is 1. The molecule has 0 aliphatic heterocycles. The molecule has 0 fully saturated rings. The van der Waals surface area contributed by atoms with Gasteiger partial charge in [0.1, 0.15) is 12.4 Å². The predicted octanol–water partition coefficient (Wildman–Crippen LogP) is 2.71. The van der Waals surface area contributed by atoms with Gasteiger partial charge in [-0.25, -0.2) is 0 Å². The third-order valence-electron chi connectivity index (χ3n) is 2.17. The van der Waals surface area contributed by atoms with Crippen molar-refractivity contribution in [3.63, 3.8) is 0 Å². The van der Waals surface area contributed by atoms with Gasteiger partial charge in [0, 0.05) is 7.05 Å². The monoisotopic (exact) mass is 255 g/mol. The third kappa shape index (κ3) is 2.25. The van der Waals surface area contributed by atoms with E-state index < -0.39 is 0 Å². The summed E-state index contributed by atoms with van der Waals surface area (Å²) in [4.78, 5) is 0. The number of benzene rings is 1. The quantitative estimate of drug-likeness (QED) is 0.858. The minimum atomic E-state index is 0.327. The molecule has 84 valence electrons. The summed E-state index contributed by atoms with van der Waals surface area (Å²) >= 11 is 10.9. The lowest BCUT2D eigenvalue weighted by molar-refractivity contribution is 0.291. The van der Waals surface area contributed by atoms with Crippen molar-refractivity contribution < 1.29 is 4.74 Å². The van der Waals surface area contributed by atoms with Crippen LogP contribution in [0.5, 0.6) is 5.75 Å². The number of hydrogen-bond acceptors (Lipinski definition) is 3. The zero-order valence-electron chi connectivity index (χ0n) is 8.61. The highest BCUT2D eigenvalue weighted by Gasteiger charge is 2.04. The fourth-order valence-corrected chi connectivity index (χ4v) is 1.55. The van der Waals surface area contributed by atoms with E-state index in [1.807, 2.05) is 25.2 Å². The van der Waals surface area contributed by atoms with Gasteiger partial charge in [0.05, 0.1) is 5.02 Å². The molecule has 0 bridgehead atoms. The van der Waals surface area contributed by atoms with Gasteiger partial charge in [-0.2, -0.15) is 5.10 Å². The largest absolute Gasteiger partial charge is 0.484 e. The molecule has 0 radical (unpaired) electrons. The number of nitrogens with zero attached hydrogens (tertiary/aromatic N) is 2. The highest BCUT2D eigenvalue weighted by Crippen LogP contribution is 2.23. The van der Waals surface area contributed by atoms with Crippen molar-refractivity contribution in [1.82, 2.24) is 14.8 Å². The Balaban J connectivity index is 2.11. The van der Waals surface area contributed by atoms with Crippen molar-refractivity contribution in [1.29, 1.82) is 0 Å². The minimum absolute atomic E-state index is 0.327. The van der Waals surface area contributed by atoms with Gasteiger partial charge in [0.25, 0.3) is 0 Å². The molecule has 0 spiro atoms. The first-order valence-electron chi connectivity index (χ1n) is 4.66. The van der Waals surface area contributed by atoms with E-state index in [1.165, 1.54) is 0 Å². The summed E-state index contributed by atoms with van der Waals surface area (Å²) in [5.74, 6) is 1.36. The molecule has 4 nitrogen and oxygen atoms in total. The molecule has 2 aromatic rings. The maximum atomic E-state index is 5.95. The SMILES string of the molecule is Cn1c(COc2ccccc2Cl)n[nH]c1=S. The van der Waals surface area contributed by atoms with Crippen LogP contribution in [0.3, 0.4) is 0 Å². The lowest BCUT2D eigenvalue weighted by atomic mass is 10.3. The van der Waals surface area contributed by atoms with Crippen molar-refractivity contribution in [2.45, 2.75) is 6.61 Å². The number of ether oxygens (including phenoxy) is 1. The second-order valence-corrected chi connectivity index (χ2v) is 4.02. The van der Waals surface area contributed by atoms with Crippen molar-refractivity contribution in [2.75, 3.05) is 0 Å². The Morgan fingerprint density at radius 1 is 1.50 bits per heavy atom. The lowest BCUT2D eigenvalue weighted by Gasteiger charge is -2.06. The molecule has 0 amide bonds. The summed E-state index contributed by atoms with van der Waals surface area (Å²) in [5.41, 5.74) is 0. The number of H-pyrrole nitrogens is 1. The normalized spacial score (nSPS) is 10.4. The number of para-hydroxylation sites is 1. The Morgan fingerprint density at radius 3 is 2.88 bits per heavy atom. The summed E-state index contributed by atoms with van der Waals surface area (Å²) in [7, 11) is 1.83. The van der Waals surface area contributed by atoms with Gasteiger partial charge >= 0.3 is 0 Å². The molecule has 1 heterocycles. The average Bonchev–Trinajstić information content (AvgIpc) is 2.59. The van der Waals surface area contributed by atoms with Crippen molar-refractivity contribution >= 4 is 23.8 Å². The Kier molecular flexibility index (Phi) is 3.26. The van der Waals surface area contributed by atoms with Crippen LogP contribution in [0, 0.1) is 4.77 Å². The summed E-state index contributed by atoms with van der Waals surface area (Å²) in [6, 6.07) is 7.30. The zero-order valence-corrected chi connectivity index (χ0v) is 10.2. The van der Waals surface area contributed by atoms with Gasteiger partial charge < -0.3 is 9.30 Å². The first kappa shape index (κ1) is 11.2. The molecule has 6 heteroatoms. The fourth-order valence-electron chi connectivity index (χ4n) is 1.21. The molecular weight excluding hydrogens is 246 g/mol. The summed E-state index contributed by atoms with van der Waals surface area (Å²) < 4.78 is 7.86. The van der Waals surface area contributed by atoms with Crippen LogP contribution < -0.4 is 4.74 Å². The van der Waals surface area contributed by atoms with Crippen LogP contribution in [0.15, 0.2) is 24.3 Å². The Morgan fingerprint density at radius 2 is 2.25 bits per heavy atom. The summed E-state index contributed by atoms with van der Waals surface area (Å²) in [6.07, 6.45) is 0. The van der Waals surface area contributed by atoms with Crippen molar-refractivity contribution in [2.24, 2.45) is 7.05 Å². The number of aromatic nitrogens is 3. The molecule has 1 aromatic carbocycles. The second kappa shape index (κ2) is 4.67. The highest BCUT2D eigenvalue weighted by molar-refractivity contribution is 7.71. The number of halogens is 1. The van der Waals surface area contributed by atoms with E-state index in [2.05, 4.69) is 10.2 Å². The topological polar surface area (TPSA) is 42.8 Å². The summed E-state index contributed by atoms with van der Waals surface area (Å²) in [6.45, 7) is 0.327. The Hall–Kier alpha value is -1.33. The van der Waals surface area contributed by atoms with Gasteiger partial charge in [-0.1, -0.05) is 23.7 Å². The van der Waals surface area contributed by atoms with Gasteiger partial charge in [0.2, 0.25) is 0 Å². The van der Waals surface area contributed by atoms with Crippen LogP contribution in [-0.2, 0) is 13.7 Å². The first-order chi connectivity index (χ1) is 7.68. The van der Waals surface area contributed by atoms with Crippen molar-refractivity contribution in [3.05, 3.63) is 39.9 Å². The van der Waals surface area contributed by atoms with Crippen LogP contribution >= 0.6 is 23.8 Å². The van der Waals surface area contributed by atoms with Crippen LogP contribution in [-0.4, -0.2) is 14.8 Å². The first-order valence-corrected chi connectivity index (χ1v) is 5.44. The molecule has 2 rings (SSSR count). The van der Waals surface area contributed by atoms with E-state index in [0.717, 1.165) is 5.82 Å². The molecule has 0 unspecified atom stereocenters. The van der Waals surface area contributed by atoms with Crippen LogP contribution in [0.2, 0.25) is 5.02 Å². The second-order valence-electron chi connectivity index (χ2n) is 3.22. The minimum Gasteiger partial charge on any atom is -0.484 e. The Labute approximate surface area is 103 Å². The van der Waals surface area contributed by atoms with E-state index in [4.69, 9.17) is 28.6 Å². The molecule has 0 saturated carbocycles. The Bertz CT molecular complexity index is 549. The molecule has 0 saturated heterocycles. The van der Waals surface area contributed by atoms with Gasteiger partial charge in [-0.15, -0.1) is 0 Å². The van der Waals surface area contributed by atoms with E-state index >= 15 is 0 Å². The maximum Gasteiger partial charge on any atom is 0.194 e. The fraction of sp³-hybridized carbons (Fsp3) is 0.200. The van der Waals surface area contributed by atoms with Gasteiger partial charge in [-0.3, -0.25) is 5.10 Å². The zero-order chi connectivity index (χ0) is 11.5. The van der Waals surface area contributed by atoms with E-state index in [9.17, 15) is 0 Å². The lowest BCUT2D eigenvalue weighted by Crippen LogP contribution is -2.03. The third-order valence-corrected chi connectivity index (χ3v) is 2.84. The molecule has 0 atom stereocenters. The molecule has 16 heavy (non-hydrogen) atoms. The van der Waals surface area contributed by atoms with Crippen molar-refractivity contribution in [3.8, 4) is 5.75 Å². The van der Waals surface area contributed by atoms with Crippen LogP contribution in [0.25, 0.3) is 0 Å². The highest BCUT2D eigenvalue weighted by atomic mass is 35.5. The molecule has 0 aliphatic carbocycles. The van der Waals surface area contributed by atoms with Crippen LogP contribution in [0.4, 0.5) is 0 Å². The van der Waals surface area contributed by atoms with Gasteiger partial charge in [-0.05, 0) is 24.4 Å². The molecule has 1 N–H and O–H groups in total. The molecular formula is C10H10ClN3OS.